The Bertz CT molecular complexity index is 324. The Morgan fingerprint density at radius 3 is 2.23 bits per heavy atom. The maximum atomic E-state index is 7.08. The topological polar surface area (TPSA) is 68.3 Å². The van der Waals surface area contributed by atoms with Gasteiger partial charge >= 0.3 is 0 Å². The molecule has 0 unspecified atom stereocenters. The second-order valence-electron chi connectivity index (χ2n) is 2.48. The summed E-state index contributed by atoms with van der Waals surface area (Å²) in [7, 11) is 3.09. The maximum Gasteiger partial charge on any atom is 0.162 e. The van der Waals surface area contributed by atoms with Gasteiger partial charge in [0.05, 0.1) is 14.2 Å². The summed E-state index contributed by atoms with van der Waals surface area (Å²) in [4.78, 5) is 0. The third-order valence-electron chi connectivity index (χ3n) is 1.74. The molecule has 0 atom stereocenters. The lowest BCUT2D eigenvalue weighted by atomic mass is 10.1. The van der Waals surface area contributed by atoms with E-state index in [1.54, 1.807) is 26.4 Å². The van der Waals surface area contributed by atoms with Crippen molar-refractivity contribution in [2.24, 2.45) is 0 Å². The van der Waals surface area contributed by atoms with Crippen LogP contribution in [0.5, 0.6) is 11.5 Å². The largest absolute Gasteiger partial charge is 0.493 e. The van der Waals surface area contributed by atoms with E-state index in [4.69, 9.17) is 20.6 Å². The van der Waals surface area contributed by atoms with E-state index in [-0.39, 0.29) is 0 Å². The molecule has 0 aliphatic heterocycles. The number of rotatable bonds is 3. The summed E-state index contributed by atoms with van der Waals surface area (Å²) in [6.07, 6.45) is 1.18. The first-order valence-corrected chi connectivity index (χ1v) is 3.75. The van der Waals surface area contributed by atoms with E-state index in [2.05, 4.69) is 0 Å². The van der Waals surface area contributed by atoms with E-state index in [1.807, 2.05) is 0 Å². The van der Waals surface area contributed by atoms with Crippen molar-refractivity contribution in [3.8, 4) is 11.5 Å². The quantitative estimate of drug-likeness (QED) is 0.544. The van der Waals surface area contributed by atoms with Crippen molar-refractivity contribution in [2.45, 2.75) is 0 Å². The highest BCUT2D eigenvalue weighted by molar-refractivity contribution is 5.86. The number of methoxy groups -OCH3 is 2. The number of nitrogen functional groups attached to an aromatic ring is 1. The van der Waals surface area contributed by atoms with Crippen molar-refractivity contribution >= 4 is 11.9 Å². The van der Waals surface area contributed by atoms with Crippen LogP contribution in [0.3, 0.4) is 0 Å². The monoisotopic (exact) mass is 180 g/mol. The van der Waals surface area contributed by atoms with Gasteiger partial charge in [-0.1, -0.05) is 0 Å². The summed E-state index contributed by atoms with van der Waals surface area (Å²) in [6, 6.07) is 3.31. The first-order valence-electron chi connectivity index (χ1n) is 3.75. The fraction of sp³-hybridized carbons (Fsp3) is 0.222. The molecule has 13 heavy (non-hydrogen) atoms. The SMILES string of the molecule is COc1cc(N)c(C=N)cc1OC. The molecule has 0 heterocycles. The van der Waals surface area contributed by atoms with Crippen molar-refractivity contribution in [3.05, 3.63) is 17.7 Å². The first-order chi connectivity index (χ1) is 6.22. The molecule has 0 bridgehead atoms. The van der Waals surface area contributed by atoms with E-state index in [9.17, 15) is 0 Å². The van der Waals surface area contributed by atoms with Crippen LogP contribution in [0, 0.1) is 5.41 Å². The average molecular weight is 180 g/mol. The molecule has 4 heteroatoms. The number of hydrogen-bond acceptors (Lipinski definition) is 4. The second-order valence-corrected chi connectivity index (χ2v) is 2.48. The zero-order valence-electron chi connectivity index (χ0n) is 7.63. The zero-order valence-corrected chi connectivity index (χ0v) is 7.63. The molecule has 1 aromatic rings. The Morgan fingerprint density at radius 1 is 1.23 bits per heavy atom. The summed E-state index contributed by atoms with van der Waals surface area (Å²) in [5.74, 6) is 1.15. The van der Waals surface area contributed by atoms with Gasteiger partial charge in [0.1, 0.15) is 0 Å². The third-order valence-corrected chi connectivity index (χ3v) is 1.74. The van der Waals surface area contributed by atoms with Gasteiger partial charge in [0, 0.05) is 23.5 Å². The van der Waals surface area contributed by atoms with Gasteiger partial charge in [-0.25, -0.2) is 0 Å². The summed E-state index contributed by atoms with van der Waals surface area (Å²) in [6.45, 7) is 0. The molecular weight excluding hydrogens is 168 g/mol. The van der Waals surface area contributed by atoms with Crippen LogP contribution < -0.4 is 15.2 Å². The Balaban J connectivity index is 3.26. The molecule has 0 fully saturated rings. The number of ether oxygens (including phenoxy) is 2. The van der Waals surface area contributed by atoms with Gasteiger partial charge in [-0.05, 0) is 6.07 Å². The van der Waals surface area contributed by atoms with Gasteiger partial charge in [0.25, 0.3) is 0 Å². The molecule has 1 aromatic carbocycles. The number of anilines is 1. The molecular formula is C9H12N2O2. The Morgan fingerprint density at radius 2 is 1.77 bits per heavy atom. The van der Waals surface area contributed by atoms with Gasteiger partial charge in [-0.3, -0.25) is 0 Å². The molecule has 4 nitrogen and oxygen atoms in total. The molecule has 70 valence electrons. The van der Waals surface area contributed by atoms with E-state index in [0.717, 1.165) is 0 Å². The van der Waals surface area contributed by atoms with Crippen LogP contribution in [-0.4, -0.2) is 20.4 Å². The van der Waals surface area contributed by atoms with Crippen molar-refractivity contribution in [3.63, 3.8) is 0 Å². The Hall–Kier alpha value is -1.71. The van der Waals surface area contributed by atoms with Crippen LogP contribution in [0.15, 0.2) is 12.1 Å². The van der Waals surface area contributed by atoms with Crippen molar-refractivity contribution in [1.82, 2.24) is 0 Å². The lowest BCUT2D eigenvalue weighted by Gasteiger charge is -2.09. The molecule has 0 saturated heterocycles. The summed E-state index contributed by atoms with van der Waals surface area (Å²) >= 11 is 0. The second kappa shape index (κ2) is 3.80. The molecule has 0 aliphatic rings. The van der Waals surface area contributed by atoms with Crippen molar-refractivity contribution in [2.75, 3.05) is 20.0 Å². The highest BCUT2D eigenvalue weighted by Gasteiger charge is 2.06. The number of hydrogen-bond donors (Lipinski definition) is 2. The zero-order chi connectivity index (χ0) is 9.84. The average Bonchev–Trinajstić information content (AvgIpc) is 2.17. The smallest absolute Gasteiger partial charge is 0.162 e. The van der Waals surface area contributed by atoms with E-state index >= 15 is 0 Å². The standard InChI is InChI=1S/C9H12N2O2/c1-12-8-3-6(5-10)7(11)4-9(8)13-2/h3-5,10H,11H2,1-2H3. The molecule has 0 radical (unpaired) electrons. The fourth-order valence-corrected chi connectivity index (χ4v) is 1.04. The normalized spacial score (nSPS) is 9.38. The first kappa shape index (κ1) is 9.38. The van der Waals surface area contributed by atoms with Crippen LogP contribution in [0.1, 0.15) is 5.56 Å². The third kappa shape index (κ3) is 1.72. The van der Waals surface area contributed by atoms with Crippen LogP contribution in [0.2, 0.25) is 0 Å². The molecule has 0 saturated carbocycles. The lowest BCUT2D eigenvalue weighted by molar-refractivity contribution is 0.355. The minimum Gasteiger partial charge on any atom is -0.493 e. The summed E-state index contributed by atoms with van der Waals surface area (Å²) in [5, 5.41) is 7.08. The predicted octanol–water partition coefficient (Wildman–Crippen LogP) is 1.28. The van der Waals surface area contributed by atoms with Crippen molar-refractivity contribution in [1.29, 1.82) is 5.41 Å². The van der Waals surface area contributed by atoms with Gasteiger partial charge in [-0.15, -0.1) is 0 Å². The van der Waals surface area contributed by atoms with Crippen molar-refractivity contribution < 1.29 is 9.47 Å². The van der Waals surface area contributed by atoms with E-state index < -0.39 is 0 Å². The summed E-state index contributed by atoms with van der Waals surface area (Å²) in [5.41, 5.74) is 6.77. The van der Waals surface area contributed by atoms with Gasteiger partial charge in [-0.2, -0.15) is 0 Å². The van der Waals surface area contributed by atoms with Crippen LogP contribution in [0.4, 0.5) is 5.69 Å². The summed E-state index contributed by atoms with van der Waals surface area (Å²) < 4.78 is 10.1. The van der Waals surface area contributed by atoms with Crippen LogP contribution in [0.25, 0.3) is 0 Å². The molecule has 0 aromatic heterocycles. The molecule has 0 spiro atoms. The van der Waals surface area contributed by atoms with Crippen LogP contribution >= 0.6 is 0 Å². The highest BCUT2D eigenvalue weighted by Crippen LogP contribution is 2.30. The molecule has 3 N–H and O–H groups in total. The minimum atomic E-state index is 0.507. The van der Waals surface area contributed by atoms with Crippen LogP contribution in [-0.2, 0) is 0 Å². The van der Waals surface area contributed by atoms with E-state index in [1.165, 1.54) is 6.21 Å². The highest BCUT2D eigenvalue weighted by atomic mass is 16.5. The molecule has 1 rings (SSSR count). The minimum absolute atomic E-state index is 0.507. The number of nitrogens with two attached hydrogens (primary N) is 1. The molecule has 0 aliphatic carbocycles. The Kier molecular flexibility index (Phi) is 2.74. The lowest BCUT2D eigenvalue weighted by Crippen LogP contribution is -1.97. The predicted molar refractivity (Wildman–Crippen MR) is 51.8 cm³/mol. The Labute approximate surface area is 76.8 Å². The van der Waals surface area contributed by atoms with Gasteiger partial charge in [0.15, 0.2) is 11.5 Å². The molecule has 0 amide bonds. The van der Waals surface area contributed by atoms with Gasteiger partial charge in [0.2, 0.25) is 0 Å². The maximum absolute atomic E-state index is 7.08. The number of nitrogens with one attached hydrogen (secondary N) is 1. The number of benzene rings is 1. The fourth-order valence-electron chi connectivity index (χ4n) is 1.04. The van der Waals surface area contributed by atoms with Gasteiger partial charge < -0.3 is 20.6 Å². The van der Waals surface area contributed by atoms with E-state index in [0.29, 0.717) is 22.7 Å².